The minimum absolute atomic E-state index is 0.904. The molecule has 14 heavy (non-hydrogen) atoms. The zero-order chi connectivity index (χ0) is 10.1. The largest absolute Gasteiger partial charge is 0.339 e. The lowest BCUT2D eigenvalue weighted by Crippen LogP contribution is -2.09. The zero-order valence-corrected chi connectivity index (χ0v) is 7.90. The molecule has 1 aromatic heterocycles. The van der Waals surface area contributed by atoms with Gasteiger partial charge in [0, 0.05) is 10.9 Å². The Morgan fingerprint density at radius 2 is 1.86 bits per heavy atom. The summed E-state index contributed by atoms with van der Waals surface area (Å²) >= 11 is 0. The molecule has 0 radical (unpaired) electrons. The van der Waals surface area contributed by atoms with E-state index in [-0.39, 0.29) is 0 Å². The molecule has 2 N–H and O–H groups in total. The summed E-state index contributed by atoms with van der Waals surface area (Å²) in [6, 6.07) is 7.96. The average molecular weight is 184 g/mol. The first-order valence-corrected chi connectivity index (χ1v) is 4.43. The van der Waals surface area contributed by atoms with Crippen LogP contribution in [0.3, 0.4) is 0 Å². The molecule has 1 heterocycles. The second kappa shape index (κ2) is 3.07. The molecule has 0 unspecified atom stereocenters. The van der Waals surface area contributed by atoms with Gasteiger partial charge in [0.15, 0.2) is 0 Å². The van der Waals surface area contributed by atoms with Crippen LogP contribution in [0, 0.1) is 0 Å². The van der Waals surface area contributed by atoms with E-state index in [2.05, 4.69) is 13.2 Å². The molecule has 2 rings (SSSR count). The quantitative estimate of drug-likeness (QED) is 0.715. The van der Waals surface area contributed by atoms with E-state index < -0.39 is 0 Å². The van der Waals surface area contributed by atoms with Crippen molar-refractivity contribution in [1.29, 1.82) is 0 Å². The van der Waals surface area contributed by atoms with Crippen molar-refractivity contribution in [2.24, 2.45) is 0 Å². The normalized spacial score (nSPS) is 10.3. The van der Waals surface area contributed by atoms with E-state index in [1.165, 1.54) is 0 Å². The first-order valence-electron chi connectivity index (χ1n) is 4.43. The Labute approximate surface area is 82.9 Å². The minimum atomic E-state index is 0.904. The standard InChI is InChI=1S/C12H12N2/c1-3-9-10-7-5-6-8-12(10)14(13)11(9)4-2/h3-8H,1-2,13H2. The molecule has 0 saturated heterocycles. The monoisotopic (exact) mass is 184 g/mol. The van der Waals surface area contributed by atoms with Gasteiger partial charge >= 0.3 is 0 Å². The van der Waals surface area contributed by atoms with Crippen molar-refractivity contribution < 1.29 is 0 Å². The Morgan fingerprint density at radius 3 is 2.50 bits per heavy atom. The highest BCUT2D eigenvalue weighted by Gasteiger charge is 2.09. The maximum Gasteiger partial charge on any atom is 0.0703 e. The van der Waals surface area contributed by atoms with Crippen LogP contribution < -0.4 is 5.84 Å². The van der Waals surface area contributed by atoms with E-state index in [9.17, 15) is 0 Å². The van der Waals surface area contributed by atoms with Gasteiger partial charge in [0.25, 0.3) is 0 Å². The molecule has 0 spiro atoms. The number of hydrogen-bond acceptors (Lipinski definition) is 1. The molecule has 0 saturated carbocycles. The van der Waals surface area contributed by atoms with Gasteiger partial charge in [-0.05, 0) is 12.1 Å². The molecule has 0 aliphatic heterocycles. The topological polar surface area (TPSA) is 30.9 Å². The zero-order valence-electron chi connectivity index (χ0n) is 7.90. The first kappa shape index (κ1) is 8.63. The highest BCUT2D eigenvalue weighted by molar-refractivity contribution is 5.93. The van der Waals surface area contributed by atoms with Crippen molar-refractivity contribution in [1.82, 2.24) is 4.68 Å². The summed E-state index contributed by atoms with van der Waals surface area (Å²) in [5.41, 5.74) is 2.94. The Hall–Kier alpha value is -1.96. The van der Waals surface area contributed by atoms with Crippen molar-refractivity contribution in [3.63, 3.8) is 0 Å². The van der Waals surface area contributed by atoms with Crippen molar-refractivity contribution in [3.05, 3.63) is 48.7 Å². The number of benzene rings is 1. The molecular formula is C12H12N2. The average Bonchev–Trinajstić information content (AvgIpc) is 2.51. The Bertz CT molecular complexity index is 506. The van der Waals surface area contributed by atoms with Crippen LogP contribution in [0.1, 0.15) is 11.3 Å². The van der Waals surface area contributed by atoms with Gasteiger partial charge in [-0.2, -0.15) is 0 Å². The summed E-state index contributed by atoms with van der Waals surface area (Å²) in [6.07, 6.45) is 3.56. The second-order valence-electron chi connectivity index (χ2n) is 3.09. The van der Waals surface area contributed by atoms with Crippen LogP contribution in [0.5, 0.6) is 0 Å². The third kappa shape index (κ3) is 0.973. The summed E-state index contributed by atoms with van der Waals surface area (Å²) in [4.78, 5) is 0. The van der Waals surface area contributed by atoms with Gasteiger partial charge in [-0.1, -0.05) is 37.4 Å². The minimum Gasteiger partial charge on any atom is -0.339 e. The summed E-state index contributed by atoms with van der Waals surface area (Å²) in [7, 11) is 0. The van der Waals surface area contributed by atoms with Crippen LogP contribution >= 0.6 is 0 Å². The Balaban J connectivity index is 2.98. The lowest BCUT2D eigenvalue weighted by molar-refractivity contribution is 1.05. The van der Waals surface area contributed by atoms with Gasteiger partial charge in [0.05, 0.1) is 11.2 Å². The molecule has 0 aliphatic rings. The highest BCUT2D eigenvalue weighted by Crippen LogP contribution is 2.25. The third-order valence-electron chi connectivity index (χ3n) is 2.39. The van der Waals surface area contributed by atoms with E-state index in [1.807, 2.05) is 30.3 Å². The molecule has 0 bridgehead atoms. The number of nitrogens with two attached hydrogens (primary N) is 1. The van der Waals surface area contributed by atoms with Gasteiger partial charge in [-0.25, -0.2) is 0 Å². The molecule has 1 aromatic carbocycles. The van der Waals surface area contributed by atoms with Crippen molar-refractivity contribution in [2.45, 2.75) is 0 Å². The van der Waals surface area contributed by atoms with Gasteiger partial charge in [-0.15, -0.1) is 0 Å². The predicted molar refractivity (Wildman–Crippen MR) is 62.3 cm³/mol. The SMILES string of the molecule is C=Cc1c(C=C)n(N)c2ccccc12. The molecule has 2 aromatic rings. The summed E-state index contributed by atoms with van der Waals surface area (Å²) in [5, 5.41) is 1.11. The van der Waals surface area contributed by atoms with Gasteiger partial charge in [0.2, 0.25) is 0 Å². The van der Waals surface area contributed by atoms with Gasteiger partial charge in [0.1, 0.15) is 0 Å². The number of fused-ring (bicyclic) bond motifs is 1. The van der Waals surface area contributed by atoms with Crippen LogP contribution in [0.4, 0.5) is 0 Å². The Kier molecular flexibility index (Phi) is 1.89. The smallest absolute Gasteiger partial charge is 0.0703 e. The summed E-state index contributed by atoms with van der Waals surface area (Å²) in [5.74, 6) is 5.92. The number of hydrogen-bond donors (Lipinski definition) is 1. The van der Waals surface area contributed by atoms with E-state index in [1.54, 1.807) is 10.8 Å². The molecule has 2 nitrogen and oxygen atoms in total. The van der Waals surface area contributed by atoms with Crippen molar-refractivity contribution in [3.8, 4) is 0 Å². The van der Waals surface area contributed by atoms with E-state index in [0.717, 1.165) is 22.2 Å². The van der Waals surface area contributed by atoms with Crippen LogP contribution in [0.15, 0.2) is 37.4 Å². The van der Waals surface area contributed by atoms with Crippen molar-refractivity contribution in [2.75, 3.05) is 5.84 Å². The van der Waals surface area contributed by atoms with Gasteiger partial charge < -0.3 is 5.84 Å². The fourth-order valence-corrected chi connectivity index (χ4v) is 1.73. The first-order chi connectivity index (χ1) is 6.79. The van der Waals surface area contributed by atoms with Crippen LogP contribution in [0.25, 0.3) is 23.1 Å². The summed E-state index contributed by atoms with van der Waals surface area (Å²) < 4.78 is 1.64. The molecule has 0 atom stereocenters. The Morgan fingerprint density at radius 1 is 1.14 bits per heavy atom. The maximum atomic E-state index is 5.92. The van der Waals surface area contributed by atoms with E-state index in [0.29, 0.717) is 0 Å². The predicted octanol–water partition coefficient (Wildman–Crippen LogP) is 2.64. The molecule has 70 valence electrons. The third-order valence-corrected chi connectivity index (χ3v) is 2.39. The number of aromatic nitrogens is 1. The van der Waals surface area contributed by atoms with Crippen LogP contribution in [-0.4, -0.2) is 4.68 Å². The van der Waals surface area contributed by atoms with Crippen LogP contribution in [0.2, 0.25) is 0 Å². The molecule has 0 fully saturated rings. The second-order valence-corrected chi connectivity index (χ2v) is 3.09. The number of para-hydroxylation sites is 1. The number of rotatable bonds is 2. The molecule has 0 amide bonds. The highest BCUT2D eigenvalue weighted by atomic mass is 15.3. The summed E-state index contributed by atoms with van der Waals surface area (Å²) in [6.45, 7) is 7.53. The fraction of sp³-hybridized carbons (Fsp3) is 0. The molecular weight excluding hydrogens is 172 g/mol. The number of nitrogens with zero attached hydrogens (tertiary/aromatic N) is 1. The molecule has 0 aliphatic carbocycles. The lowest BCUT2D eigenvalue weighted by atomic mass is 10.1. The van der Waals surface area contributed by atoms with Gasteiger partial charge in [-0.3, -0.25) is 4.68 Å². The van der Waals surface area contributed by atoms with E-state index >= 15 is 0 Å². The van der Waals surface area contributed by atoms with Crippen LogP contribution in [-0.2, 0) is 0 Å². The fourth-order valence-electron chi connectivity index (χ4n) is 1.73. The molecule has 2 heteroatoms. The van der Waals surface area contributed by atoms with Crippen molar-refractivity contribution >= 4 is 23.1 Å². The lowest BCUT2D eigenvalue weighted by Gasteiger charge is -1.98. The maximum absolute atomic E-state index is 5.92. The number of nitrogen functional groups attached to an aromatic ring is 1. The van der Waals surface area contributed by atoms with E-state index in [4.69, 9.17) is 5.84 Å².